The lowest BCUT2D eigenvalue weighted by atomic mass is 9.77. The number of ketones is 1. The van der Waals surface area contributed by atoms with Crippen molar-refractivity contribution < 1.29 is 4.79 Å². The number of rotatable bonds is 9. The third-order valence-electron chi connectivity index (χ3n) is 3.59. The Morgan fingerprint density at radius 1 is 1.12 bits per heavy atom. The molecular weight excluding hydrogens is 210 g/mol. The van der Waals surface area contributed by atoms with Gasteiger partial charge in [0.05, 0.1) is 6.04 Å². The summed E-state index contributed by atoms with van der Waals surface area (Å²) in [6.07, 6.45) is 7.21. The number of carbonyl (C=O) groups is 1. The molecule has 0 aromatic carbocycles. The van der Waals surface area contributed by atoms with Crippen molar-refractivity contribution in [3.05, 3.63) is 0 Å². The lowest BCUT2D eigenvalue weighted by molar-refractivity contribution is -0.129. The molecule has 0 rings (SSSR count). The number of nitrogens with two attached hydrogens (primary N) is 1. The van der Waals surface area contributed by atoms with Crippen molar-refractivity contribution in [3.63, 3.8) is 0 Å². The third kappa shape index (κ3) is 6.21. The molecule has 17 heavy (non-hydrogen) atoms. The first-order valence-corrected chi connectivity index (χ1v) is 7.12. The van der Waals surface area contributed by atoms with Gasteiger partial charge in [-0.15, -0.1) is 0 Å². The van der Waals surface area contributed by atoms with Gasteiger partial charge in [-0.1, -0.05) is 66.7 Å². The largest absolute Gasteiger partial charge is 0.321 e. The fraction of sp³-hybridized carbons (Fsp3) is 0.933. The van der Waals surface area contributed by atoms with Crippen LogP contribution in [0, 0.1) is 11.3 Å². The van der Waals surface area contributed by atoms with Crippen LogP contribution in [0.2, 0.25) is 0 Å². The summed E-state index contributed by atoms with van der Waals surface area (Å²) in [6, 6.07) is -0.305. The van der Waals surface area contributed by atoms with Crippen LogP contribution in [-0.4, -0.2) is 11.8 Å². The second-order valence-corrected chi connectivity index (χ2v) is 6.18. The molecule has 2 N–H and O–H groups in total. The quantitative estimate of drug-likeness (QED) is 0.622. The minimum atomic E-state index is -0.305. The molecule has 0 aliphatic rings. The average molecular weight is 241 g/mol. The van der Waals surface area contributed by atoms with Gasteiger partial charge in [-0.2, -0.15) is 0 Å². The highest BCUT2D eigenvalue weighted by Crippen LogP contribution is 2.27. The molecule has 0 aliphatic heterocycles. The van der Waals surface area contributed by atoms with Gasteiger partial charge in [0.1, 0.15) is 0 Å². The van der Waals surface area contributed by atoms with E-state index in [1.165, 1.54) is 25.7 Å². The van der Waals surface area contributed by atoms with Gasteiger partial charge >= 0.3 is 0 Å². The van der Waals surface area contributed by atoms with Crippen LogP contribution in [0.15, 0.2) is 0 Å². The van der Waals surface area contributed by atoms with E-state index in [9.17, 15) is 4.79 Å². The molecule has 1 atom stereocenters. The van der Waals surface area contributed by atoms with Gasteiger partial charge in [0.2, 0.25) is 0 Å². The maximum absolute atomic E-state index is 12.2. The van der Waals surface area contributed by atoms with Gasteiger partial charge in [-0.3, -0.25) is 4.79 Å². The molecule has 0 aromatic heterocycles. The van der Waals surface area contributed by atoms with Crippen LogP contribution in [0.1, 0.15) is 73.1 Å². The van der Waals surface area contributed by atoms with Crippen LogP contribution in [0.5, 0.6) is 0 Å². The van der Waals surface area contributed by atoms with Crippen LogP contribution in [0.3, 0.4) is 0 Å². The molecule has 0 saturated heterocycles. The molecule has 0 fully saturated rings. The van der Waals surface area contributed by atoms with E-state index in [1.807, 2.05) is 27.7 Å². The number of unbranched alkanes of at least 4 members (excludes halogenated alkanes) is 4. The molecule has 0 spiro atoms. The summed E-state index contributed by atoms with van der Waals surface area (Å²) in [6.45, 7) is 10.3. The van der Waals surface area contributed by atoms with Crippen molar-refractivity contribution in [2.45, 2.75) is 79.2 Å². The zero-order valence-corrected chi connectivity index (χ0v) is 12.4. The molecule has 1 unspecified atom stereocenters. The van der Waals surface area contributed by atoms with Gasteiger partial charge in [-0.25, -0.2) is 0 Å². The Hall–Kier alpha value is -0.370. The number of Topliss-reactive ketones (excluding diaryl/α,β-unsaturated/α-hetero) is 1. The maximum atomic E-state index is 12.2. The Bertz CT molecular complexity index is 221. The Morgan fingerprint density at radius 2 is 1.65 bits per heavy atom. The Labute approximate surface area is 107 Å². The molecule has 102 valence electrons. The van der Waals surface area contributed by atoms with Crippen molar-refractivity contribution in [1.29, 1.82) is 0 Å². The molecule has 0 aromatic rings. The first-order valence-electron chi connectivity index (χ1n) is 7.12. The van der Waals surface area contributed by atoms with Crippen molar-refractivity contribution in [3.8, 4) is 0 Å². The second kappa shape index (κ2) is 7.86. The molecule has 0 heterocycles. The molecule has 0 bridgehead atoms. The Morgan fingerprint density at radius 3 is 2.12 bits per heavy atom. The van der Waals surface area contributed by atoms with Crippen LogP contribution < -0.4 is 5.73 Å². The molecule has 0 saturated carbocycles. The monoisotopic (exact) mass is 241 g/mol. The van der Waals surface area contributed by atoms with Crippen molar-refractivity contribution in [1.82, 2.24) is 0 Å². The minimum Gasteiger partial charge on any atom is -0.321 e. The molecule has 0 radical (unpaired) electrons. The van der Waals surface area contributed by atoms with Crippen molar-refractivity contribution in [2.24, 2.45) is 17.1 Å². The van der Waals surface area contributed by atoms with Crippen molar-refractivity contribution in [2.75, 3.05) is 0 Å². The first kappa shape index (κ1) is 16.6. The highest BCUT2D eigenvalue weighted by molar-refractivity contribution is 5.89. The molecular formula is C15H31NO. The van der Waals surface area contributed by atoms with Gasteiger partial charge in [0.15, 0.2) is 5.78 Å². The van der Waals surface area contributed by atoms with Gasteiger partial charge in [-0.05, 0) is 12.3 Å². The lowest BCUT2D eigenvalue weighted by Crippen LogP contribution is -2.43. The van der Waals surface area contributed by atoms with E-state index in [0.29, 0.717) is 0 Å². The molecule has 2 heteroatoms. The first-order chi connectivity index (χ1) is 7.83. The van der Waals surface area contributed by atoms with E-state index < -0.39 is 0 Å². The smallest absolute Gasteiger partial charge is 0.155 e. The van der Waals surface area contributed by atoms with Gasteiger partial charge in [0, 0.05) is 5.41 Å². The summed E-state index contributed by atoms with van der Waals surface area (Å²) in [5.74, 6) is 0.463. The summed E-state index contributed by atoms with van der Waals surface area (Å²) in [5, 5.41) is 0. The van der Waals surface area contributed by atoms with Gasteiger partial charge < -0.3 is 5.73 Å². The van der Waals surface area contributed by atoms with E-state index in [-0.39, 0.29) is 23.2 Å². The predicted octanol–water partition coefficient (Wildman–Crippen LogP) is 3.93. The van der Waals surface area contributed by atoms with E-state index in [2.05, 4.69) is 6.92 Å². The van der Waals surface area contributed by atoms with E-state index >= 15 is 0 Å². The summed E-state index contributed by atoms with van der Waals surface area (Å²) in [5.41, 5.74) is 5.69. The molecule has 0 aliphatic carbocycles. The van der Waals surface area contributed by atoms with Crippen molar-refractivity contribution >= 4 is 5.78 Å². The average Bonchev–Trinajstić information content (AvgIpc) is 2.26. The zero-order chi connectivity index (χ0) is 13.5. The predicted molar refractivity (Wildman–Crippen MR) is 75.0 cm³/mol. The topological polar surface area (TPSA) is 43.1 Å². The number of hydrogen-bond donors (Lipinski definition) is 1. The fourth-order valence-corrected chi connectivity index (χ4v) is 2.05. The Kier molecular flexibility index (Phi) is 7.69. The molecule has 0 amide bonds. The Balaban J connectivity index is 4.05. The minimum absolute atomic E-state index is 0.225. The van der Waals surface area contributed by atoms with Crippen LogP contribution in [0.4, 0.5) is 0 Å². The fourth-order valence-electron chi connectivity index (χ4n) is 2.05. The zero-order valence-electron chi connectivity index (χ0n) is 12.4. The summed E-state index contributed by atoms with van der Waals surface area (Å²) in [7, 11) is 0. The standard InChI is InChI=1S/C15H31NO/c1-6-7-8-9-10-11-15(4,5)14(17)13(16)12(2)3/h12-13H,6-11,16H2,1-5H3. The van der Waals surface area contributed by atoms with Crippen LogP contribution in [0.25, 0.3) is 0 Å². The van der Waals surface area contributed by atoms with Gasteiger partial charge in [0.25, 0.3) is 0 Å². The SMILES string of the molecule is CCCCCCCC(C)(C)C(=O)C(N)C(C)C. The lowest BCUT2D eigenvalue weighted by Gasteiger charge is -2.28. The van der Waals surface area contributed by atoms with E-state index in [1.54, 1.807) is 0 Å². The van der Waals surface area contributed by atoms with E-state index in [4.69, 9.17) is 5.73 Å². The normalized spacial score (nSPS) is 14.1. The summed E-state index contributed by atoms with van der Waals surface area (Å²) >= 11 is 0. The highest BCUT2D eigenvalue weighted by atomic mass is 16.1. The van der Waals surface area contributed by atoms with Crippen LogP contribution in [-0.2, 0) is 4.79 Å². The maximum Gasteiger partial charge on any atom is 0.155 e. The molecule has 2 nitrogen and oxygen atoms in total. The second-order valence-electron chi connectivity index (χ2n) is 6.18. The number of hydrogen-bond acceptors (Lipinski definition) is 2. The van der Waals surface area contributed by atoms with Crippen LogP contribution >= 0.6 is 0 Å². The number of carbonyl (C=O) groups excluding carboxylic acids is 1. The third-order valence-corrected chi connectivity index (χ3v) is 3.59. The summed E-state index contributed by atoms with van der Waals surface area (Å²) < 4.78 is 0. The highest BCUT2D eigenvalue weighted by Gasteiger charge is 2.32. The summed E-state index contributed by atoms with van der Waals surface area (Å²) in [4.78, 5) is 12.2. The van der Waals surface area contributed by atoms with E-state index in [0.717, 1.165) is 12.8 Å².